The zero-order chi connectivity index (χ0) is 18.9. The van der Waals surface area contributed by atoms with Gasteiger partial charge in [0, 0.05) is 37.0 Å². The van der Waals surface area contributed by atoms with Crippen molar-refractivity contribution in [1.29, 1.82) is 0 Å². The molecule has 1 aliphatic heterocycles. The van der Waals surface area contributed by atoms with E-state index in [1.165, 1.54) is 41.7 Å². The van der Waals surface area contributed by atoms with Crippen molar-refractivity contribution in [1.82, 2.24) is 15.5 Å². The van der Waals surface area contributed by atoms with Crippen LogP contribution in [0.3, 0.4) is 0 Å². The molecule has 0 radical (unpaired) electrons. The summed E-state index contributed by atoms with van der Waals surface area (Å²) in [6, 6.07) is 10.1. The first-order valence-electron chi connectivity index (χ1n) is 9.58. The molecule has 1 aliphatic rings. The van der Waals surface area contributed by atoms with Crippen molar-refractivity contribution in [3.63, 3.8) is 0 Å². The van der Waals surface area contributed by atoms with Crippen molar-refractivity contribution in [2.45, 2.75) is 38.8 Å². The fourth-order valence-corrected chi connectivity index (χ4v) is 3.95. The number of rotatable bonds is 8. The highest BCUT2D eigenvalue weighted by Gasteiger charge is 2.13. The van der Waals surface area contributed by atoms with E-state index in [4.69, 9.17) is 0 Å². The minimum atomic E-state index is -0.129. The van der Waals surface area contributed by atoms with E-state index >= 15 is 0 Å². The Balaban J connectivity index is 1.42. The number of amides is 2. The SMILES string of the molecule is O=C(CCNC(=O)c1ccsc1)NCc1ccccc1CN1CCCCC1. The molecule has 1 fully saturated rings. The smallest absolute Gasteiger partial charge is 0.252 e. The van der Waals surface area contributed by atoms with Crippen LogP contribution in [0.5, 0.6) is 0 Å². The maximum absolute atomic E-state index is 12.1. The molecule has 2 heterocycles. The van der Waals surface area contributed by atoms with Crippen LogP contribution in [0.1, 0.15) is 47.2 Å². The molecular weight excluding hydrogens is 358 g/mol. The maximum atomic E-state index is 12.1. The molecule has 6 heteroatoms. The Kier molecular flexibility index (Phi) is 7.42. The highest BCUT2D eigenvalue weighted by molar-refractivity contribution is 7.08. The van der Waals surface area contributed by atoms with Crippen LogP contribution in [-0.4, -0.2) is 36.3 Å². The van der Waals surface area contributed by atoms with Crippen LogP contribution >= 0.6 is 11.3 Å². The number of nitrogens with one attached hydrogen (secondary N) is 2. The summed E-state index contributed by atoms with van der Waals surface area (Å²) in [5, 5.41) is 9.42. The number of carbonyl (C=O) groups excluding carboxylic acids is 2. The largest absolute Gasteiger partial charge is 0.352 e. The molecule has 0 saturated carbocycles. The van der Waals surface area contributed by atoms with Crippen LogP contribution in [0.4, 0.5) is 0 Å². The molecule has 2 aromatic rings. The molecule has 144 valence electrons. The van der Waals surface area contributed by atoms with E-state index in [0.29, 0.717) is 18.7 Å². The number of piperidine rings is 1. The topological polar surface area (TPSA) is 61.4 Å². The number of hydrogen-bond acceptors (Lipinski definition) is 4. The van der Waals surface area contributed by atoms with Gasteiger partial charge in [-0.2, -0.15) is 11.3 Å². The average molecular weight is 386 g/mol. The zero-order valence-corrected chi connectivity index (χ0v) is 16.4. The summed E-state index contributed by atoms with van der Waals surface area (Å²) in [6.45, 7) is 4.13. The van der Waals surface area contributed by atoms with Gasteiger partial charge in [0.25, 0.3) is 5.91 Å². The lowest BCUT2D eigenvalue weighted by molar-refractivity contribution is -0.121. The number of likely N-dealkylation sites (tertiary alicyclic amines) is 1. The van der Waals surface area contributed by atoms with Crippen LogP contribution in [0, 0.1) is 0 Å². The van der Waals surface area contributed by atoms with E-state index in [1.54, 1.807) is 11.4 Å². The van der Waals surface area contributed by atoms with Gasteiger partial charge in [0.1, 0.15) is 0 Å². The first-order valence-corrected chi connectivity index (χ1v) is 10.5. The molecule has 1 saturated heterocycles. The molecule has 27 heavy (non-hydrogen) atoms. The van der Waals surface area contributed by atoms with Crippen molar-refractivity contribution >= 4 is 23.2 Å². The molecule has 0 unspecified atom stereocenters. The number of thiophene rings is 1. The average Bonchev–Trinajstić information content (AvgIpc) is 3.23. The third-order valence-corrected chi connectivity index (χ3v) is 5.54. The maximum Gasteiger partial charge on any atom is 0.252 e. The van der Waals surface area contributed by atoms with E-state index in [1.807, 2.05) is 11.4 Å². The number of nitrogens with zero attached hydrogens (tertiary/aromatic N) is 1. The first kappa shape index (κ1) is 19.6. The van der Waals surface area contributed by atoms with E-state index in [2.05, 4.69) is 33.7 Å². The van der Waals surface area contributed by atoms with Gasteiger partial charge >= 0.3 is 0 Å². The second-order valence-corrected chi connectivity index (χ2v) is 7.68. The molecule has 0 bridgehead atoms. The molecule has 0 atom stereocenters. The predicted octanol–water partition coefficient (Wildman–Crippen LogP) is 3.17. The quantitative estimate of drug-likeness (QED) is 0.734. The Bertz CT molecular complexity index is 740. The van der Waals surface area contributed by atoms with Crippen LogP contribution in [0.2, 0.25) is 0 Å². The zero-order valence-electron chi connectivity index (χ0n) is 15.6. The summed E-state index contributed by atoms with van der Waals surface area (Å²) in [7, 11) is 0. The Labute approximate surface area is 164 Å². The molecule has 1 aromatic carbocycles. The van der Waals surface area contributed by atoms with Crippen LogP contribution in [-0.2, 0) is 17.9 Å². The van der Waals surface area contributed by atoms with Crippen LogP contribution in [0.25, 0.3) is 0 Å². The fourth-order valence-electron chi connectivity index (χ4n) is 3.31. The Hall–Kier alpha value is -2.18. The second-order valence-electron chi connectivity index (χ2n) is 6.90. The summed E-state index contributed by atoms with van der Waals surface area (Å²) < 4.78 is 0. The van der Waals surface area contributed by atoms with Gasteiger partial charge in [0.05, 0.1) is 0 Å². The first-order chi connectivity index (χ1) is 13.2. The highest BCUT2D eigenvalue weighted by Crippen LogP contribution is 2.16. The molecule has 0 aliphatic carbocycles. The summed E-state index contributed by atoms with van der Waals surface area (Å²) in [5.41, 5.74) is 3.09. The standard InChI is InChI=1S/C21H27N3O2S/c25-20(8-10-22-21(26)19-9-13-27-16-19)23-14-17-6-2-3-7-18(17)15-24-11-4-1-5-12-24/h2-3,6-7,9,13,16H,1,4-5,8,10-12,14-15H2,(H,22,26)(H,23,25). The molecule has 2 N–H and O–H groups in total. The Morgan fingerprint density at radius 2 is 1.78 bits per heavy atom. The van der Waals surface area contributed by atoms with Gasteiger partial charge in [0.2, 0.25) is 5.91 Å². The number of carbonyl (C=O) groups is 2. The molecule has 5 nitrogen and oxygen atoms in total. The molecule has 3 rings (SSSR count). The Morgan fingerprint density at radius 1 is 1.00 bits per heavy atom. The van der Waals surface area contributed by atoms with Crippen molar-refractivity contribution in [2.75, 3.05) is 19.6 Å². The van der Waals surface area contributed by atoms with Crippen molar-refractivity contribution in [3.8, 4) is 0 Å². The van der Waals surface area contributed by atoms with Gasteiger partial charge in [-0.05, 0) is 48.5 Å². The lowest BCUT2D eigenvalue weighted by Crippen LogP contribution is -2.31. The minimum Gasteiger partial charge on any atom is -0.352 e. The normalized spacial score (nSPS) is 14.7. The fraction of sp³-hybridized carbons (Fsp3) is 0.429. The molecular formula is C21H27N3O2S. The predicted molar refractivity (Wildman–Crippen MR) is 109 cm³/mol. The third-order valence-electron chi connectivity index (χ3n) is 4.86. The highest BCUT2D eigenvalue weighted by atomic mass is 32.1. The van der Waals surface area contributed by atoms with E-state index in [-0.39, 0.29) is 18.2 Å². The van der Waals surface area contributed by atoms with Gasteiger partial charge in [-0.3, -0.25) is 14.5 Å². The number of benzene rings is 1. The van der Waals surface area contributed by atoms with Gasteiger partial charge in [0.15, 0.2) is 0 Å². The summed E-state index contributed by atoms with van der Waals surface area (Å²) in [6.07, 6.45) is 4.16. The van der Waals surface area contributed by atoms with E-state index in [0.717, 1.165) is 19.6 Å². The second kappa shape index (κ2) is 10.2. The van der Waals surface area contributed by atoms with Crippen molar-refractivity contribution in [3.05, 3.63) is 57.8 Å². The summed E-state index contributed by atoms with van der Waals surface area (Å²) in [5.74, 6) is -0.177. The van der Waals surface area contributed by atoms with Crippen molar-refractivity contribution in [2.24, 2.45) is 0 Å². The van der Waals surface area contributed by atoms with Crippen molar-refractivity contribution < 1.29 is 9.59 Å². The van der Waals surface area contributed by atoms with Gasteiger partial charge in [-0.25, -0.2) is 0 Å². The van der Waals surface area contributed by atoms with Crippen LogP contribution < -0.4 is 10.6 Å². The minimum absolute atomic E-state index is 0.0478. The van der Waals surface area contributed by atoms with Gasteiger partial charge < -0.3 is 10.6 Å². The van der Waals surface area contributed by atoms with Gasteiger partial charge in [-0.15, -0.1) is 0 Å². The Morgan fingerprint density at radius 3 is 2.52 bits per heavy atom. The lowest BCUT2D eigenvalue weighted by Gasteiger charge is -2.27. The number of hydrogen-bond donors (Lipinski definition) is 2. The van der Waals surface area contributed by atoms with Gasteiger partial charge in [-0.1, -0.05) is 30.7 Å². The monoisotopic (exact) mass is 385 g/mol. The lowest BCUT2D eigenvalue weighted by atomic mass is 10.0. The van der Waals surface area contributed by atoms with E-state index in [9.17, 15) is 9.59 Å². The molecule has 2 amide bonds. The van der Waals surface area contributed by atoms with E-state index < -0.39 is 0 Å². The summed E-state index contributed by atoms with van der Waals surface area (Å²) >= 11 is 1.48. The summed E-state index contributed by atoms with van der Waals surface area (Å²) in [4.78, 5) is 26.5. The molecule has 1 aromatic heterocycles. The third kappa shape index (κ3) is 6.19. The van der Waals surface area contributed by atoms with Crippen LogP contribution in [0.15, 0.2) is 41.1 Å². The molecule has 0 spiro atoms.